The fourth-order valence-electron chi connectivity index (χ4n) is 2.89. The van der Waals surface area contributed by atoms with Gasteiger partial charge in [0.1, 0.15) is 18.5 Å². The van der Waals surface area contributed by atoms with Crippen molar-refractivity contribution < 1.29 is 30.0 Å². The van der Waals surface area contributed by atoms with Gasteiger partial charge in [-0.25, -0.2) is 0 Å². The lowest BCUT2D eigenvalue weighted by Gasteiger charge is -2.25. The minimum Gasteiger partial charge on any atom is -0.491 e. The van der Waals surface area contributed by atoms with Crippen molar-refractivity contribution >= 4 is 5.97 Å². The first-order valence-corrected chi connectivity index (χ1v) is 7.59. The van der Waals surface area contributed by atoms with Crippen LogP contribution >= 0.6 is 0 Å². The Labute approximate surface area is 134 Å². The Morgan fingerprint density at radius 1 is 1.35 bits per heavy atom. The smallest absolute Gasteiger partial charge is 0.303 e. The van der Waals surface area contributed by atoms with E-state index in [1.165, 1.54) is 12.2 Å². The third-order valence-corrected chi connectivity index (χ3v) is 4.07. The van der Waals surface area contributed by atoms with Gasteiger partial charge in [-0.3, -0.25) is 4.79 Å². The van der Waals surface area contributed by atoms with Gasteiger partial charge in [0, 0.05) is 18.8 Å². The van der Waals surface area contributed by atoms with Gasteiger partial charge in [-0.15, -0.1) is 0 Å². The molecule has 2 rings (SSSR count). The van der Waals surface area contributed by atoms with E-state index in [1.54, 1.807) is 12.1 Å². The Morgan fingerprint density at radius 2 is 2.04 bits per heavy atom. The van der Waals surface area contributed by atoms with Gasteiger partial charge in [0.15, 0.2) is 5.79 Å². The van der Waals surface area contributed by atoms with Crippen molar-refractivity contribution in [3.8, 4) is 5.75 Å². The van der Waals surface area contributed by atoms with Crippen molar-refractivity contribution in [3.05, 3.63) is 42.5 Å². The molecule has 0 heterocycles. The van der Waals surface area contributed by atoms with Crippen molar-refractivity contribution in [2.24, 2.45) is 11.8 Å². The average Bonchev–Trinajstić information content (AvgIpc) is 2.78. The Balaban J connectivity index is 1.92. The van der Waals surface area contributed by atoms with Crippen LogP contribution in [0.1, 0.15) is 19.3 Å². The Kier molecular flexibility index (Phi) is 5.76. The molecule has 1 fully saturated rings. The fraction of sp³-hybridized carbons (Fsp3) is 0.471. The molecule has 0 amide bonds. The van der Waals surface area contributed by atoms with Crippen LogP contribution in [0.3, 0.4) is 0 Å². The summed E-state index contributed by atoms with van der Waals surface area (Å²) >= 11 is 0. The number of aliphatic carboxylic acids is 1. The van der Waals surface area contributed by atoms with Crippen molar-refractivity contribution in [3.63, 3.8) is 0 Å². The Hall–Kier alpha value is -1.89. The molecule has 1 saturated carbocycles. The maximum atomic E-state index is 10.9. The van der Waals surface area contributed by atoms with Gasteiger partial charge in [0.2, 0.25) is 0 Å². The number of carbonyl (C=O) groups is 1. The van der Waals surface area contributed by atoms with E-state index in [2.05, 4.69) is 0 Å². The van der Waals surface area contributed by atoms with Crippen molar-refractivity contribution in [2.45, 2.75) is 31.2 Å². The maximum absolute atomic E-state index is 10.9. The highest BCUT2D eigenvalue weighted by Gasteiger charge is 2.45. The molecule has 0 saturated heterocycles. The normalized spacial score (nSPS) is 24.7. The average molecular weight is 322 g/mol. The highest BCUT2D eigenvalue weighted by Crippen LogP contribution is 2.41. The lowest BCUT2D eigenvalue weighted by Crippen LogP contribution is -2.34. The molecule has 0 aromatic heterocycles. The van der Waals surface area contributed by atoms with Gasteiger partial charge in [0.05, 0.1) is 0 Å². The Bertz CT molecular complexity index is 539. The molecule has 126 valence electrons. The van der Waals surface area contributed by atoms with Crippen LogP contribution in [0.25, 0.3) is 0 Å². The SMILES string of the molecule is O=C(O)CC1CCC(O)(O)C1C=CC(O)COc1ccccc1. The number of ether oxygens (including phenoxy) is 1. The first-order valence-electron chi connectivity index (χ1n) is 7.59. The fourth-order valence-corrected chi connectivity index (χ4v) is 2.89. The van der Waals surface area contributed by atoms with Crippen molar-refractivity contribution in [2.75, 3.05) is 6.61 Å². The zero-order valence-electron chi connectivity index (χ0n) is 12.7. The zero-order chi connectivity index (χ0) is 16.9. The molecule has 6 heteroatoms. The predicted molar refractivity (Wildman–Crippen MR) is 82.7 cm³/mol. The predicted octanol–water partition coefficient (Wildman–Crippen LogP) is 1.16. The first-order chi connectivity index (χ1) is 10.9. The molecule has 6 nitrogen and oxygen atoms in total. The van der Waals surface area contributed by atoms with Crippen molar-refractivity contribution in [1.29, 1.82) is 0 Å². The van der Waals surface area contributed by atoms with Crippen LogP contribution in [0, 0.1) is 11.8 Å². The monoisotopic (exact) mass is 322 g/mol. The maximum Gasteiger partial charge on any atom is 0.303 e. The van der Waals surface area contributed by atoms with Crippen LogP contribution in [-0.2, 0) is 4.79 Å². The third-order valence-electron chi connectivity index (χ3n) is 4.07. The number of rotatable bonds is 7. The molecule has 0 bridgehead atoms. The van der Waals surface area contributed by atoms with Crippen LogP contribution < -0.4 is 4.74 Å². The second-order valence-electron chi connectivity index (χ2n) is 5.88. The summed E-state index contributed by atoms with van der Waals surface area (Å²) in [6, 6.07) is 9.02. The Morgan fingerprint density at radius 3 is 2.70 bits per heavy atom. The van der Waals surface area contributed by atoms with E-state index in [4.69, 9.17) is 9.84 Å². The number of benzene rings is 1. The van der Waals surface area contributed by atoms with E-state index < -0.39 is 23.8 Å². The third kappa shape index (κ3) is 5.06. The minimum absolute atomic E-state index is 0.0285. The molecule has 4 N–H and O–H groups in total. The zero-order valence-corrected chi connectivity index (χ0v) is 12.7. The van der Waals surface area contributed by atoms with Gasteiger partial charge in [0.25, 0.3) is 0 Å². The summed E-state index contributed by atoms with van der Waals surface area (Å²) in [5, 5.41) is 38.7. The van der Waals surface area contributed by atoms with Gasteiger partial charge < -0.3 is 25.2 Å². The topological polar surface area (TPSA) is 107 Å². The lowest BCUT2D eigenvalue weighted by molar-refractivity contribution is -0.179. The number of carboxylic acid groups (broad SMARTS) is 1. The van der Waals surface area contributed by atoms with E-state index in [0.29, 0.717) is 12.2 Å². The summed E-state index contributed by atoms with van der Waals surface area (Å²) in [6.45, 7) is 0.0285. The van der Waals surface area contributed by atoms with Crippen LogP contribution in [0.15, 0.2) is 42.5 Å². The summed E-state index contributed by atoms with van der Waals surface area (Å²) < 4.78 is 5.41. The second-order valence-corrected chi connectivity index (χ2v) is 5.88. The summed E-state index contributed by atoms with van der Waals surface area (Å²) in [4.78, 5) is 10.9. The lowest BCUT2D eigenvalue weighted by atomic mass is 9.89. The van der Waals surface area contributed by atoms with E-state index in [0.717, 1.165) is 0 Å². The highest BCUT2D eigenvalue weighted by atomic mass is 16.5. The molecule has 3 atom stereocenters. The molecule has 1 aliphatic carbocycles. The van der Waals surface area contributed by atoms with Crippen LogP contribution in [0.2, 0.25) is 0 Å². The molecule has 0 aliphatic heterocycles. The second kappa shape index (κ2) is 7.59. The number of hydrogen-bond acceptors (Lipinski definition) is 5. The number of para-hydroxylation sites is 1. The van der Waals surface area contributed by atoms with E-state index in [9.17, 15) is 20.1 Å². The van der Waals surface area contributed by atoms with E-state index >= 15 is 0 Å². The molecular formula is C17H22O6. The quantitative estimate of drug-likeness (QED) is 0.443. The molecule has 3 unspecified atom stereocenters. The summed E-state index contributed by atoms with van der Waals surface area (Å²) in [5.74, 6) is -3.36. The molecule has 1 aliphatic rings. The minimum atomic E-state index is -1.93. The van der Waals surface area contributed by atoms with Crippen LogP contribution in [0.5, 0.6) is 5.75 Å². The molecular weight excluding hydrogens is 300 g/mol. The van der Waals surface area contributed by atoms with Crippen LogP contribution in [0.4, 0.5) is 0 Å². The standard InChI is InChI=1S/C17H22O6/c18-13(11-23-14-4-2-1-3-5-14)6-7-15-12(10-16(19)20)8-9-17(15,21)22/h1-7,12-13,15,18,21-22H,8-11H2,(H,19,20). The summed E-state index contributed by atoms with van der Waals surface area (Å²) in [7, 11) is 0. The largest absolute Gasteiger partial charge is 0.491 e. The van der Waals surface area contributed by atoms with E-state index in [1.807, 2.05) is 18.2 Å². The van der Waals surface area contributed by atoms with Crippen molar-refractivity contribution in [1.82, 2.24) is 0 Å². The molecule has 1 aromatic rings. The molecule has 23 heavy (non-hydrogen) atoms. The van der Waals surface area contributed by atoms with Gasteiger partial charge in [-0.05, 0) is 24.5 Å². The van der Waals surface area contributed by atoms with Gasteiger partial charge in [-0.1, -0.05) is 30.4 Å². The summed E-state index contributed by atoms with van der Waals surface area (Å²) in [6.07, 6.45) is 2.40. The molecule has 0 radical (unpaired) electrons. The number of aliphatic hydroxyl groups is 3. The van der Waals surface area contributed by atoms with Gasteiger partial charge in [-0.2, -0.15) is 0 Å². The highest BCUT2D eigenvalue weighted by molar-refractivity contribution is 5.67. The number of aliphatic hydroxyl groups excluding tert-OH is 1. The molecule has 0 spiro atoms. The molecule has 1 aromatic carbocycles. The number of hydrogen-bond donors (Lipinski definition) is 4. The number of carboxylic acids is 1. The van der Waals surface area contributed by atoms with Gasteiger partial charge >= 0.3 is 5.97 Å². The summed E-state index contributed by atoms with van der Waals surface area (Å²) in [5.41, 5.74) is 0. The van der Waals surface area contributed by atoms with E-state index in [-0.39, 0.29) is 25.4 Å². The van der Waals surface area contributed by atoms with Crippen LogP contribution in [-0.4, -0.2) is 44.9 Å². The first kappa shape index (κ1) is 17.5.